The average molecular weight is 272 g/mol. The highest BCUT2D eigenvalue weighted by Crippen LogP contribution is 2.16. The first-order valence-corrected chi connectivity index (χ1v) is 6.86. The van der Waals surface area contributed by atoms with Crippen molar-refractivity contribution in [2.75, 3.05) is 10.6 Å². The average Bonchev–Trinajstić information content (AvgIpc) is 2.93. The van der Waals surface area contributed by atoms with Crippen LogP contribution in [0.5, 0.6) is 0 Å². The molecule has 0 saturated heterocycles. The van der Waals surface area contributed by atoms with Crippen LogP contribution in [0.3, 0.4) is 0 Å². The maximum atomic E-state index is 11.4. The zero-order chi connectivity index (χ0) is 14.4. The van der Waals surface area contributed by atoms with Crippen LogP contribution >= 0.6 is 0 Å². The van der Waals surface area contributed by atoms with E-state index in [-0.39, 0.29) is 5.91 Å². The van der Waals surface area contributed by atoms with Gasteiger partial charge < -0.3 is 15.2 Å². The minimum absolute atomic E-state index is 0.0173. The van der Waals surface area contributed by atoms with Crippen LogP contribution in [0.2, 0.25) is 0 Å². The maximum Gasteiger partial charge on any atom is 0.224 e. The largest absolute Gasteiger partial charge is 0.378 e. The number of aromatic nitrogens is 2. The smallest absolute Gasteiger partial charge is 0.224 e. The molecule has 1 amide bonds. The maximum absolute atomic E-state index is 11.4. The summed E-state index contributed by atoms with van der Waals surface area (Å²) in [5.41, 5.74) is 1.77. The molecule has 0 aliphatic heterocycles. The number of hydrogen-bond donors (Lipinski definition) is 2. The van der Waals surface area contributed by atoms with Crippen molar-refractivity contribution in [3.8, 4) is 0 Å². The second-order valence-electron chi connectivity index (χ2n) is 4.47. The molecule has 1 aromatic heterocycles. The van der Waals surface area contributed by atoms with Crippen LogP contribution < -0.4 is 10.6 Å². The zero-order valence-electron chi connectivity index (χ0n) is 11.9. The van der Waals surface area contributed by atoms with Crippen LogP contribution in [0.4, 0.5) is 11.4 Å². The van der Waals surface area contributed by atoms with Gasteiger partial charge in [0.05, 0.1) is 6.54 Å². The number of benzene rings is 1. The quantitative estimate of drug-likeness (QED) is 0.850. The Morgan fingerprint density at radius 3 is 2.85 bits per heavy atom. The van der Waals surface area contributed by atoms with E-state index in [9.17, 15) is 4.79 Å². The van der Waals surface area contributed by atoms with Crippen LogP contribution in [-0.4, -0.2) is 15.5 Å². The van der Waals surface area contributed by atoms with Crippen molar-refractivity contribution >= 4 is 17.3 Å². The van der Waals surface area contributed by atoms with Gasteiger partial charge in [-0.1, -0.05) is 13.0 Å². The van der Waals surface area contributed by atoms with E-state index < -0.39 is 0 Å². The summed E-state index contributed by atoms with van der Waals surface area (Å²) in [6.07, 6.45) is 4.25. The predicted molar refractivity (Wildman–Crippen MR) is 80.6 cm³/mol. The van der Waals surface area contributed by atoms with Crippen molar-refractivity contribution in [3.05, 3.63) is 42.5 Å². The van der Waals surface area contributed by atoms with Gasteiger partial charge in [-0.3, -0.25) is 4.79 Å². The van der Waals surface area contributed by atoms with Crippen LogP contribution in [0.25, 0.3) is 0 Å². The van der Waals surface area contributed by atoms with Crippen LogP contribution in [-0.2, 0) is 17.9 Å². The van der Waals surface area contributed by atoms with Gasteiger partial charge in [0.2, 0.25) is 5.91 Å². The van der Waals surface area contributed by atoms with Gasteiger partial charge in [0.1, 0.15) is 5.82 Å². The Balaban J connectivity index is 1.99. The fourth-order valence-electron chi connectivity index (χ4n) is 1.93. The minimum Gasteiger partial charge on any atom is -0.378 e. The number of aryl methyl sites for hydroxylation is 1. The van der Waals surface area contributed by atoms with Crippen molar-refractivity contribution < 1.29 is 4.79 Å². The summed E-state index contributed by atoms with van der Waals surface area (Å²) in [5.74, 6) is 1.01. The lowest BCUT2D eigenvalue weighted by molar-refractivity contribution is -0.115. The first-order chi connectivity index (χ1) is 9.72. The Morgan fingerprint density at radius 1 is 1.30 bits per heavy atom. The Morgan fingerprint density at radius 2 is 2.10 bits per heavy atom. The molecule has 106 valence electrons. The molecule has 5 nitrogen and oxygen atoms in total. The van der Waals surface area contributed by atoms with Gasteiger partial charge >= 0.3 is 0 Å². The molecule has 2 N–H and O–H groups in total. The number of anilines is 2. The molecule has 20 heavy (non-hydrogen) atoms. The molecule has 0 bridgehead atoms. The monoisotopic (exact) mass is 272 g/mol. The molecule has 0 aliphatic carbocycles. The van der Waals surface area contributed by atoms with E-state index in [2.05, 4.69) is 27.1 Å². The lowest BCUT2D eigenvalue weighted by Gasteiger charge is -2.10. The number of hydrogen-bond acceptors (Lipinski definition) is 3. The van der Waals surface area contributed by atoms with Gasteiger partial charge in [-0.05, 0) is 25.1 Å². The summed E-state index contributed by atoms with van der Waals surface area (Å²) in [4.78, 5) is 15.7. The number of imidazole rings is 1. The molecule has 0 spiro atoms. The fraction of sp³-hybridized carbons (Fsp3) is 0.333. The second kappa shape index (κ2) is 6.75. The summed E-state index contributed by atoms with van der Waals surface area (Å²) < 4.78 is 2.09. The van der Waals surface area contributed by atoms with Crippen molar-refractivity contribution in [2.45, 2.75) is 33.4 Å². The number of amides is 1. The zero-order valence-corrected chi connectivity index (χ0v) is 11.9. The number of nitrogens with zero attached hydrogens (tertiary/aromatic N) is 2. The van der Waals surface area contributed by atoms with Gasteiger partial charge in [-0.25, -0.2) is 4.98 Å². The number of nitrogens with one attached hydrogen (secondary N) is 2. The normalized spacial score (nSPS) is 10.3. The Labute approximate surface area is 119 Å². The van der Waals surface area contributed by atoms with Gasteiger partial charge in [-0.15, -0.1) is 0 Å². The molecule has 2 rings (SSSR count). The molecule has 2 aromatic rings. The molecule has 0 atom stereocenters. The van der Waals surface area contributed by atoms with Crippen LogP contribution in [0.1, 0.15) is 26.1 Å². The Kier molecular flexibility index (Phi) is 4.76. The SMILES string of the molecule is CCC(=O)Nc1cccc(NCc2nccn2CC)c1. The van der Waals surface area contributed by atoms with E-state index in [1.807, 2.05) is 37.4 Å². The number of carbonyl (C=O) groups is 1. The number of rotatable bonds is 6. The summed E-state index contributed by atoms with van der Waals surface area (Å²) in [7, 11) is 0. The van der Waals surface area contributed by atoms with Crippen molar-refractivity contribution in [1.29, 1.82) is 0 Å². The summed E-state index contributed by atoms with van der Waals surface area (Å²) in [6.45, 7) is 5.49. The van der Waals surface area contributed by atoms with Gasteiger partial charge in [0.25, 0.3) is 0 Å². The molecule has 0 unspecified atom stereocenters. The molecule has 0 fully saturated rings. The first-order valence-electron chi connectivity index (χ1n) is 6.86. The van der Waals surface area contributed by atoms with Gasteiger partial charge in [0.15, 0.2) is 0 Å². The van der Waals surface area contributed by atoms with E-state index >= 15 is 0 Å². The molecule has 5 heteroatoms. The van der Waals surface area contributed by atoms with Crippen molar-refractivity contribution in [1.82, 2.24) is 9.55 Å². The molecule has 1 aromatic carbocycles. The topological polar surface area (TPSA) is 59.0 Å². The van der Waals surface area contributed by atoms with E-state index in [0.717, 1.165) is 23.7 Å². The molecule has 0 saturated carbocycles. The lowest BCUT2D eigenvalue weighted by Crippen LogP contribution is -2.10. The summed E-state index contributed by atoms with van der Waals surface area (Å²) in [6, 6.07) is 7.69. The minimum atomic E-state index is 0.0173. The van der Waals surface area contributed by atoms with E-state index in [1.165, 1.54) is 0 Å². The lowest BCUT2D eigenvalue weighted by atomic mass is 10.2. The van der Waals surface area contributed by atoms with Crippen LogP contribution in [0, 0.1) is 0 Å². The highest BCUT2D eigenvalue weighted by Gasteiger charge is 2.02. The molecule has 0 radical (unpaired) electrons. The third kappa shape index (κ3) is 3.60. The van der Waals surface area contributed by atoms with E-state index in [0.29, 0.717) is 13.0 Å². The van der Waals surface area contributed by atoms with Crippen molar-refractivity contribution in [2.24, 2.45) is 0 Å². The highest BCUT2D eigenvalue weighted by atomic mass is 16.1. The molecular weight excluding hydrogens is 252 g/mol. The predicted octanol–water partition coefficient (Wildman–Crippen LogP) is 2.86. The number of carbonyl (C=O) groups excluding carboxylic acids is 1. The third-order valence-corrected chi connectivity index (χ3v) is 3.06. The highest BCUT2D eigenvalue weighted by molar-refractivity contribution is 5.90. The molecule has 0 aliphatic rings. The van der Waals surface area contributed by atoms with E-state index in [1.54, 1.807) is 6.20 Å². The van der Waals surface area contributed by atoms with Gasteiger partial charge in [0, 0.05) is 36.7 Å². The fourth-order valence-corrected chi connectivity index (χ4v) is 1.93. The van der Waals surface area contributed by atoms with Crippen molar-refractivity contribution in [3.63, 3.8) is 0 Å². The van der Waals surface area contributed by atoms with E-state index in [4.69, 9.17) is 0 Å². The Bertz CT molecular complexity index is 577. The second-order valence-corrected chi connectivity index (χ2v) is 4.47. The molecular formula is C15H20N4O. The third-order valence-electron chi connectivity index (χ3n) is 3.06. The standard InChI is InChI=1S/C15H20N4O/c1-3-15(20)18-13-7-5-6-12(10-13)17-11-14-16-8-9-19(14)4-2/h5-10,17H,3-4,11H2,1-2H3,(H,18,20). The Hall–Kier alpha value is -2.30. The van der Waals surface area contributed by atoms with Gasteiger partial charge in [-0.2, -0.15) is 0 Å². The summed E-state index contributed by atoms with van der Waals surface area (Å²) in [5, 5.41) is 6.17. The summed E-state index contributed by atoms with van der Waals surface area (Å²) >= 11 is 0. The first kappa shape index (κ1) is 14.1. The molecule has 1 heterocycles. The van der Waals surface area contributed by atoms with Crippen LogP contribution in [0.15, 0.2) is 36.7 Å².